The van der Waals surface area contributed by atoms with Crippen molar-refractivity contribution in [2.75, 3.05) is 13.7 Å². The summed E-state index contributed by atoms with van der Waals surface area (Å²) in [5.41, 5.74) is 4.46. The van der Waals surface area contributed by atoms with E-state index in [1.807, 2.05) is 10.9 Å². The van der Waals surface area contributed by atoms with Gasteiger partial charge in [0.15, 0.2) is 0 Å². The zero-order chi connectivity index (χ0) is 14.8. The van der Waals surface area contributed by atoms with Crippen LogP contribution in [0, 0.1) is 11.3 Å². The first-order chi connectivity index (χ1) is 9.51. The molecular weight excluding hydrogens is 320 g/mol. The molecule has 1 aromatic rings. The minimum atomic E-state index is 0.112. The summed E-state index contributed by atoms with van der Waals surface area (Å²) in [7, 11) is 1.71. The average molecular weight is 345 g/mol. The molecule has 6 heteroatoms. The molecule has 0 aromatic carbocycles. The van der Waals surface area contributed by atoms with Gasteiger partial charge in [-0.2, -0.15) is 5.10 Å². The Morgan fingerprint density at radius 3 is 2.95 bits per heavy atom. The van der Waals surface area contributed by atoms with E-state index in [1.165, 1.54) is 19.3 Å². The summed E-state index contributed by atoms with van der Waals surface area (Å²) in [6, 6.07) is 0.112. The summed E-state index contributed by atoms with van der Waals surface area (Å²) < 4.78 is 8.17. The highest BCUT2D eigenvalue weighted by Crippen LogP contribution is 2.49. The minimum Gasteiger partial charge on any atom is -0.383 e. The molecule has 1 aliphatic carbocycles. The van der Waals surface area contributed by atoms with Crippen molar-refractivity contribution < 1.29 is 4.74 Å². The lowest BCUT2D eigenvalue weighted by Crippen LogP contribution is -2.39. The van der Waals surface area contributed by atoms with Gasteiger partial charge in [-0.25, -0.2) is 0 Å². The summed E-state index contributed by atoms with van der Waals surface area (Å²) in [5.74, 6) is 6.40. The van der Waals surface area contributed by atoms with Crippen molar-refractivity contribution >= 4 is 15.9 Å². The number of nitrogens with two attached hydrogens (primary N) is 1. The number of hydrazine groups is 1. The van der Waals surface area contributed by atoms with Crippen molar-refractivity contribution in [3.05, 3.63) is 16.4 Å². The average Bonchev–Trinajstić information content (AvgIpc) is 2.93. The number of rotatable bonds is 6. The van der Waals surface area contributed by atoms with Crippen molar-refractivity contribution in [2.24, 2.45) is 17.2 Å². The molecule has 0 spiro atoms. The quantitative estimate of drug-likeness (QED) is 0.615. The number of methoxy groups -OCH3 is 1. The lowest BCUT2D eigenvalue weighted by molar-refractivity contribution is 0.170. The highest BCUT2D eigenvalue weighted by atomic mass is 79.9. The second-order valence-corrected chi connectivity index (χ2v) is 7.08. The van der Waals surface area contributed by atoms with E-state index in [0.29, 0.717) is 17.9 Å². The van der Waals surface area contributed by atoms with E-state index < -0.39 is 0 Å². The molecule has 3 N–H and O–H groups in total. The lowest BCUT2D eigenvalue weighted by atomic mass is 9.76. The van der Waals surface area contributed by atoms with Crippen LogP contribution in [0.2, 0.25) is 0 Å². The van der Waals surface area contributed by atoms with Crippen molar-refractivity contribution in [1.82, 2.24) is 15.2 Å². The van der Waals surface area contributed by atoms with Crippen LogP contribution in [-0.4, -0.2) is 23.5 Å². The Bertz CT molecular complexity index is 446. The summed E-state index contributed by atoms with van der Waals surface area (Å²) in [6.07, 6.45) is 5.56. The van der Waals surface area contributed by atoms with Gasteiger partial charge in [-0.3, -0.25) is 16.0 Å². The third-order valence-electron chi connectivity index (χ3n) is 4.56. The molecule has 2 unspecified atom stereocenters. The van der Waals surface area contributed by atoms with Gasteiger partial charge in [-0.05, 0) is 40.1 Å². The van der Waals surface area contributed by atoms with Crippen molar-refractivity contribution in [2.45, 2.75) is 45.7 Å². The number of ether oxygens (including phenoxy) is 1. The largest absolute Gasteiger partial charge is 0.383 e. The summed E-state index contributed by atoms with van der Waals surface area (Å²) >= 11 is 3.62. The predicted octanol–water partition coefficient (Wildman–Crippen LogP) is 2.62. The second-order valence-electron chi connectivity index (χ2n) is 6.23. The highest BCUT2D eigenvalue weighted by molar-refractivity contribution is 9.10. The molecule has 1 heterocycles. The van der Waals surface area contributed by atoms with Gasteiger partial charge in [0.2, 0.25) is 0 Å². The first kappa shape index (κ1) is 15.9. The first-order valence-corrected chi connectivity index (χ1v) is 7.97. The molecule has 1 saturated carbocycles. The molecule has 0 aliphatic heterocycles. The fraction of sp³-hybridized carbons (Fsp3) is 0.786. The second kappa shape index (κ2) is 6.56. The van der Waals surface area contributed by atoms with Gasteiger partial charge >= 0.3 is 0 Å². The number of nitrogens with zero attached hydrogens (tertiary/aromatic N) is 2. The first-order valence-electron chi connectivity index (χ1n) is 7.17. The van der Waals surface area contributed by atoms with Crippen LogP contribution >= 0.6 is 15.9 Å². The van der Waals surface area contributed by atoms with Crippen LogP contribution in [0.4, 0.5) is 0 Å². The molecule has 0 saturated heterocycles. The van der Waals surface area contributed by atoms with E-state index in [-0.39, 0.29) is 6.04 Å². The molecule has 1 aromatic heterocycles. The Labute approximate surface area is 129 Å². The molecule has 114 valence electrons. The summed E-state index contributed by atoms with van der Waals surface area (Å²) in [6.45, 7) is 6.05. The molecule has 0 amide bonds. The van der Waals surface area contributed by atoms with Crippen LogP contribution in [0.3, 0.4) is 0 Å². The number of hydrogen-bond acceptors (Lipinski definition) is 4. The maximum Gasteiger partial charge on any atom is 0.0713 e. The lowest BCUT2D eigenvalue weighted by Gasteiger charge is -2.34. The van der Waals surface area contributed by atoms with Gasteiger partial charge in [0, 0.05) is 7.11 Å². The molecule has 2 atom stereocenters. The third-order valence-corrected chi connectivity index (χ3v) is 5.17. The third kappa shape index (κ3) is 3.08. The zero-order valence-electron chi connectivity index (χ0n) is 12.5. The van der Waals surface area contributed by atoms with Crippen molar-refractivity contribution in [3.63, 3.8) is 0 Å². The standard InChI is InChI=1S/C14H25BrN4O/c1-14(2)6-4-5-10(14)12(18-16)13-11(15)9-17-19(13)7-8-20-3/h9-10,12,18H,4-8,16H2,1-3H3. The number of nitrogens with one attached hydrogen (secondary N) is 1. The molecule has 1 fully saturated rings. The zero-order valence-corrected chi connectivity index (χ0v) is 14.1. The van der Waals surface area contributed by atoms with Crippen LogP contribution in [0.15, 0.2) is 10.7 Å². The molecule has 5 nitrogen and oxygen atoms in total. The van der Waals surface area contributed by atoms with Gasteiger partial charge in [0.25, 0.3) is 0 Å². The summed E-state index contributed by atoms with van der Waals surface area (Å²) in [5, 5.41) is 4.44. The molecule has 2 rings (SSSR count). The van der Waals surface area contributed by atoms with Gasteiger partial charge < -0.3 is 4.74 Å². The van der Waals surface area contributed by atoms with E-state index in [1.54, 1.807) is 7.11 Å². The van der Waals surface area contributed by atoms with E-state index in [2.05, 4.69) is 40.3 Å². The number of aromatic nitrogens is 2. The monoisotopic (exact) mass is 344 g/mol. The molecule has 0 bridgehead atoms. The number of hydrogen-bond donors (Lipinski definition) is 2. The Morgan fingerprint density at radius 1 is 1.65 bits per heavy atom. The topological polar surface area (TPSA) is 65.1 Å². The normalized spacial score (nSPS) is 23.1. The smallest absolute Gasteiger partial charge is 0.0713 e. The Morgan fingerprint density at radius 2 is 2.40 bits per heavy atom. The van der Waals surface area contributed by atoms with E-state index in [0.717, 1.165) is 16.7 Å². The van der Waals surface area contributed by atoms with E-state index in [4.69, 9.17) is 10.6 Å². The van der Waals surface area contributed by atoms with E-state index in [9.17, 15) is 0 Å². The van der Waals surface area contributed by atoms with Crippen molar-refractivity contribution in [3.8, 4) is 0 Å². The Kier molecular flexibility index (Phi) is 5.23. The molecule has 0 radical (unpaired) electrons. The highest BCUT2D eigenvalue weighted by Gasteiger charge is 2.41. The SMILES string of the molecule is COCCn1ncc(Br)c1C(NN)C1CCCC1(C)C. The van der Waals surface area contributed by atoms with Crippen LogP contribution in [0.5, 0.6) is 0 Å². The number of halogens is 1. The van der Waals surface area contributed by atoms with Gasteiger partial charge in [0.1, 0.15) is 0 Å². The van der Waals surface area contributed by atoms with Gasteiger partial charge in [-0.1, -0.05) is 20.3 Å². The van der Waals surface area contributed by atoms with Gasteiger partial charge in [-0.15, -0.1) is 0 Å². The predicted molar refractivity (Wildman–Crippen MR) is 83.0 cm³/mol. The Hall–Kier alpha value is -0.430. The van der Waals surface area contributed by atoms with Crippen molar-refractivity contribution in [1.29, 1.82) is 0 Å². The van der Waals surface area contributed by atoms with Crippen LogP contribution < -0.4 is 11.3 Å². The van der Waals surface area contributed by atoms with Crippen LogP contribution in [0.1, 0.15) is 44.8 Å². The van der Waals surface area contributed by atoms with Crippen LogP contribution in [-0.2, 0) is 11.3 Å². The fourth-order valence-electron chi connectivity index (χ4n) is 3.39. The van der Waals surface area contributed by atoms with E-state index >= 15 is 0 Å². The molecular formula is C14H25BrN4O. The van der Waals surface area contributed by atoms with Gasteiger partial charge in [0.05, 0.1) is 35.6 Å². The maximum absolute atomic E-state index is 5.89. The summed E-state index contributed by atoms with van der Waals surface area (Å²) in [4.78, 5) is 0. The molecule has 1 aliphatic rings. The Balaban J connectivity index is 2.29. The maximum atomic E-state index is 5.89. The minimum absolute atomic E-state index is 0.112. The van der Waals surface area contributed by atoms with Crippen LogP contribution in [0.25, 0.3) is 0 Å². The fourth-order valence-corrected chi connectivity index (χ4v) is 3.94. The molecule has 20 heavy (non-hydrogen) atoms.